The Hall–Kier alpha value is -2.12. The number of H-pyrrole nitrogens is 1. The Morgan fingerprint density at radius 3 is 2.48 bits per heavy atom. The van der Waals surface area contributed by atoms with Crippen LogP contribution in [0.2, 0.25) is 0 Å². The highest BCUT2D eigenvalue weighted by molar-refractivity contribution is 5.50. The Bertz CT molecular complexity index is 599. The first-order valence-corrected chi connectivity index (χ1v) is 6.74. The lowest BCUT2D eigenvalue weighted by molar-refractivity contribution is -0.141. The molecule has 0 aliphatic heterocycles. The van der Waals surface area contributed by atoms with Gasteiger partial charge in [0.1, 0.15) is 5.82 Å². The van der Waals surface area contributed by atoms with Gasteiger partial charge in [0, 0.05) is 17.7 Å². The van der Waals surface area contributed by atoms with Gasteiger partial charge < -0.3 is 5.32 Å². The van der Waals surface area contributed by atoms with Gasteiger partial charge in [-0.1, -0.05) is 12.8 Å². The van der Waals surface area contributed by atoms with Crippen LogP contribution in [0, 0.1) is 0 Å². The van der Waals surface area contributed by atoms with E-state index < -0.39 is 11.9 Å². The van der Waals surface area contributed by atoms with Crippen LogP contribution in [0.15, 0.2) is 18.5 Å². The third kappa shape index (κ3) is 3.14. The van der Waals surface area contributed by atoms with Gasteiger partial charge in [-0.05, 0) is 12.8 Å². The topological polar surface area (TPSA) is 66.5 Å². The summed E-state index contributed by atoms with van der Waals surface area (Å²) in [6.07, 6.45) is 1.99. The summed E-state index contributed by atoms with van der Waals surface area (Å²) in [5, 5.41) is 9.91. The number of anilines is 2. The van der Waals surface area contributed by atoms with Crippen molar-refractivity contribution in [1.82, 2.24) is 20.2 Å². The molecule has 0 spiro atoms. The zero-order chi connectivity index (χ0) is 14.9. The van der Waals surface area contributed by atoms with Crippen molar-refractivity contribution >= 4 is 11.6 Å². The molecule has 2 aromatic heterocycles. The van der Waals surface area contributed by atoms with Crippen LogP contribution in [0.4, 0.5) is 24.8 Å². The molecule has 0 aromatic carbocycles. The van der Waals surface area contributed by atoms with Crippen LogP contribution >= 0.6 is 0 Å². The van der Waals surface area contributed by atoms with E-state index in [0.717, 1.165) is 24.7 Å². The summed E-state index contributed by atoms with van der Waals surface area (Å²) in [5.74, 6) is 1.25. The van der Waals surface area contributed by atoms with Crippen LogP contribution in [0.5, 0.6) is 0 Å². The van der Waals surface area contributed by atoms with Crippen molar-refractivity contribution in [2.24, 2.45) is 0 Å². The number of halogens is 3. The number of nitrogens with one attached hydrogen (secondary N) is 2. The molecule has 0 bridgehead atoms. The summed E-state index contributed by atoms with van der Waals surface area (Å²) in [4.78, 5) is 7.04. The SMILES string of the molecule is FC(F)(F)c1cnc(Nc2cc(C3CCCC3)[nH]n2)cn1. The average Bonchev–Trinajstić information content (AvgIpc) is 3.08. The lowest BCUT2D eigenvalue weighted by Gasteiger charge is -2.06. The second-order valence-corrected chi connectivity index (χ2v) is 5.10. The average molecular weight is 297 g/mol. The molecule has 0 unspecified atom stereocenters. The Labute approximate surface area is 119 Å². The lowest BCUT2D eigenvalue weighted by Crippen LogP contribution is -2.08. The highest BCUT2D eigenvalue weighted by Gasteiger charge is 2.32. The minimum Gasteiger partial charge on any atom is -0.322 e. The third-order valence-electron chi connectivity index (χ3n) is 3.59. The zero-order valence-electron chi connectivity index (χ0n) is 11.1. The normalized spacial score (nSPS) is 16.3. The predicted octanol–water partition coefficient (Wildman–Crippen LogP) is 3.62. The third-order valence-corrected chi connectivity index (χ3v) is 3.59. The van der Waals surface area contributed by atoms with E-state index in [1.54, 1.807) is 0 Å². The van der Waals surface area contributed by atoms with Gasteiger partial charge in [0.2, 0.25) is 0 Å². The molecule has 8 heteroatoms. The van der Waals surface area contributed by atoms with E-state index in [2.05, 4.69) is 25.5 Å². The van der Waals surface area contributed by atoms with Gasteiger partial charge in [-0.3, -0.25) is 5.10 Å². The van der Waals surface area contributed by atoms with Gasteiger partial charge in [0.15, 0.2) is 11.5 Å². The molecule has 21 heavy (non-hydrogen) atoms. The van der Waals surface area contributed by atoms with Crippen LogP contribution in [0.3, 0.4) is 0 Å². The summed E-state index contributed by atoms with van der Waals surface area (Å²) < 4.78 is 37.1. The maximum absolute atomic E-state index is 12.4. The molecule has 1 aliphatic carbocycles. The molecule has 3 rings (SSSR count). The molecule has 0 atom stereocenters. The number of aromatic nitrogens is 4. The van der Waals surface area contributed by atoms with Gasteiger partial charge in [-0.25, -0.2) is 9.97 Å². The fraction of sp³-hybridized carbons (Fsp3) is 0.462. The first-order valence-electron chi connectivity index (χ1n) is 6.74. The van der Waals surface area contributed by atoms with E-state index in [-0.39, 0.29) is 5.82 Å². The minimum atomic E-state index is -4.48. The van der Waals surface area contributed by atoms with E-state index >= 15 is 0 Å². The number of aromatic amines is 1. The molecule has 1 aliphatic rings. The molecular formula is C13H14F3N5. The zero-order valence-corrected chi connectivity index (χ0v) is 11.1. The highest BCUT2D eigenvalue weighted by Crippen LogP contribution is 2.34. The van der Waals surface area contributed by atoms with Crippen molar-refractivity contribution in [2.75, 3.05) is 5.32 Å². The molecule has 2 heterocycles. The van der Waals surface area contributed by atoms with Crippen LogP contribution in [-0.4, -0.2) is 20.2 Å². The lowest BCUT2D eigenvalue weighted by atomic mass is 10.0. The van der Waals surface area contributed by atoms with E-state index in [0.29, 0.717) is 17.9 Å². The van der Waals surface area contributed by atoms with Crippen molar-refractivity contribution in [3.63, 3.8) is 0 Å². The van der Waals surface area contributed by atoms with Gasteiger partial charge in [-0.2, -0.15) is 18.3 Å². The van der Waals surface area contributed by atoms with Crippen molar-refractivity contribution in [2.45, 2.75) is 37.8 Å². The number of hydrogen-bond donors (Lipinski definition) is 2. The molecule has 1 fully saturated rings. The minimum absolute atomic E-state index is 0.229. The Balaban J connectivity index is 1.69. The van der Waals surface area contributed by atoms with Crippen molar-refractivity contribution in [1.29, 1.82) is 0 Å². The summed E-state index contributed by atoms with van der Waals surface area (Å²) in [7, 11) is 0. The van der Waals surface area contributed by atoms with E-state index in [9.17, 15) is 13.2 Å². The smallest absolute Gasteiger partial charge is 0.322 e. The van der Waals surface area contributed by atoms with E-state index in [1.165, 1.54) is 12.8 Å². The Morgan fingerprint density at radius 1 is 1.10 bits per heavy atom. The Kier molecular flexibility index (Phi) is 3.52. The molecule has 0 amide bonds. The Morgan fingerprint density at radius 2 is 1.86 bits per heavy atom. The largest absolute Gasteiger partial charge is 0.434 e. The summed E-state index contributed by atoms with van der Waals surface area (Å²) in [6, 6.07) is 1.87. The number of alkyl halides is 3. The first-order chi connectivity index (χ1) is 10.0. The van der Waals surface area contributed by atoms with Crippen LogP contribution in [0.25, 0.3) is 0 Å². The van der Waals surface area contributed by atoms with Crippen molar-refractivity contribution in [3.05, 3.63) is 29.8 Å². The molecule has 1 saturated carbocycles. The first kappa shape index (κ1) is 13.8. The molecule has 2 aromatic rings. The van der Waals surface area contributed by atoms with Crippen LogP contribution in [-0.2, 0) is 6.18 Å². The maximum Gasteiger partial charge on any atom is 0.434 e. The summed E-state index contributed by atoms with van der Waals surface area (Å²) >= 11 is 0. The fourth-order valence-corrected chi connectivity index (χ4v) is 2.52. The molecule has 112 valence electrons. The second kappa shape index (κ2) is 5.34. The highest BCUT2D eigenvalue weighted by atomic mass is 19.4. The number of hydrogen-bond acceptors (Lipinski definition) is 4. The number of nitrogens with zero attached hydrogens (tertiary/aromatic N) is 3. The number of rotatable bonds is 3. The van der Waals surface area contributed by atoms with Crippen molar-refractivity contribution in [3.8, 4) is 0 Å². The van der Waals surface area contributed by atoms with Crippen molar-refractivity contribution < 1.29 is 13.2 Å². The second-order valence-electron chi connectivity index (χ2n) is 5.10. The predicted molar refractivity (Wildman–Crippen MR) is 70.1 cm³/mol. The molecular weight excluding hydrogens is 283 g/mol. The van der Waals surface area contributed by atoms with Gasteiger partial charge in [-0.15, -0.1) is 0 Å². The maximum atomic E-state index is 12.4. The fourth-order valence-electron chi connectivity index (χ4n) is 2.52. The summed E-state index contributed by atoms with van der Waals surface area (Å²) in [5.41, 5.74) is 0.0385. The standard InChI is InChI=1S/C13H14F3N5/c14-13(15,16)10-6-18-12(7-17-10)19-11-5-9(20-21-11)8-3-1-2-4-8/h5-8H,1-4H2,(H2,18,19,20,21). The van der Waals surface area contributed by atoms with E-state index in [1.807, 2.05) is 6.07 Å². The molecule has 2 N–H and O–H groups in total. The van der Waals surface area contributed by atoms with Gasteiger partial charge >= 0.3 is 6.18 Å². The van der Waals surface area contributed by atoms with Gasteiger partial charge in [0.25, 0.3) is 0 Å². The monoisotopic (exact) mass is 297 g/mol. The summed E-state index contributed by atoms with van der Waals surface area (Å²) in [6.45, 7) is 0. The van der Waals surface area contributed by atoms with E-state index in [4.69, 9.17) is 0 Å². The van der Waals surface area contributed by atoms with Crippen LogP contribution < -0.4 is 5.32 Å². The molecule has 0 saturated heterocycles. The quantitative estimate of drug-likeness (QED) is 0.908. The molecule has 5 nitrogen and oxygen atoms in total. The van der Waals surface area contributed by atoms with Gasteiger partial charge in [0.05, 0.1) is 12.4 Å². The van der Waals surface area contributed by atoms with Crippen LogP contribution in [0.1, 0.15) is 43.0 Å². The molecule has 0 radical (unpaired) electrons.